The second kappa shape index (κ2) is 10.7. The van der Waals surface area contributed by atoms with Gasteiger partial charge in [0.1, 0.15) is 5.82 Å². The fourth-order valence-electron chi connectivity index (χ4n) is 4.03. The summed E-state index contributed by atoms with van der Waals surface area (Å²) in [7, 11) is 0. The van der Waals surface area contributed by atoms with Crippen molar-refractivity contribution in [3.05, 3.63) is 60.3 Å². The summed E-state index contributed by atoms with van der Waals surface area (Å²) in [5, 5.41) is 10.5. The predicted molar refractivity (Wildman–Crippen MR) is 115 cm³/mol. The Morgan fingerprint density at radius 2 is 1.85 bits per heavy atom. The molecule has 1 spiro atoms. The molecule has 1 aromatic heterocycles. The van der Waals surface area contributed by atoms with Gasteiger partial charge >= 0.3 is 12.1 Å². The molecule has 178 valence electrons. The van der Waals surface area contributed by atoms with Crippen LogP contribution in [0, 0.1) is 0 Å². The Bertz CT molecular complexity index is 928. The van der Waals surface area contributed by atoms with Gasteiger partial charge in [-0.05, 0) is 49.9 Å². The molecule has 1 aromatic carbocycles. The number of carboxylic acids is 1. The number of amides is 1. The third-order valence-electron chi connectivity index (χ3n) is 5.62. The maximum atomic E-state index is 12.7. The van der Waals surface area contributed by atoms with Crippen LogP contribution in [0.25, 0.3) is 0 Å². The van der Waals surface area contributed by atoms with E-state index in [0.29, 0.717) is 6.54 Å². The van der Waals surface area contributed by atoms with Gasteiger partial charge in [-0.25, -0.2) is 9.78 Å². The van der Waals surface area contributed by atoms with Crippen LogP contribution in [0.5, 0.6) is 0 Å². The lowest BCUT2D eigenvalue weighted by molar-refractivity contribution is -0.192. The van der Waals surface area contributed by atoms with Crippen LogP contribution in [0.1, 0.15) is 36.0 Å². The number of benzene rings is 1. The number of nitrogens with one attached hydrogen (secondary N) is 1. The number of carbonyl (C=O) groups is 2. The molecule has 2 saturated heterocycles. The molecule has 0 aliphatic carbocycles. The molecule has 10 heteroatoms. The molecular formula is C23H26F3N3O4. The van der Waals surface area contributed by atoms with Crippen molar-refractivity contribution < 1.29 is 32.6 Å². The van der Waals surface area contributed by atoms with Gasteiger partial charge in [0.25, 0.3) is 5.91 Å². The highest BCUT2D eigenvalue weighted by Crippen LogP contribution is 2.37. The molecule has 2 aliphatic heterocycles. The van der Waals surface area contributed by atoms with Gasteiger partial charge in [0.05, 0.1) is 18.2 Å². The number of hydrogen-bond donors (Lipinski definition) is 2. The van der Waals surface area contributed by atoms with Gasteiger partial charge in [-0.2, -0.15) is 13.2 Å². The number of carbonyl (C=O) groups excluding carboxylic acids is 1. The number of pyridine rings is 1. The molecule has 2 aromatic rings. The Kier molecular flexibility index (Phi) is 7.91. The quantitative estimate of drug-likeness (QED) is 0.710. The number of rotatable bonds is 4. The van der Waals surface area contributed by atoms with E-state index in [4.69, 9.17) is 14.6 Å². The second-order valence-electron chi connectivity index (χ2n) is 8.06. The monoisotopic (exact) mass is 465 g/mol. The van der Waals surface area contributed by atoms with Crippen molar-refractivity contribution in [2.24, 2.45) is 0 Å². The van der Waals surface area contributed by atoms with E-state index in [9.17, 15) is 18.0 Å². The molecule has 0 bridgehead atoms. The number of halogens is 3. The number of anilines is 1. The fraction of sp³-hybridized carbons (Fsp3) is 0.435. The predicted octanol–water partition coefficient (Wildman–Crippen LogP) is 3.98. The standard InChI is InChI=1S/C21H25N3O2.C2HF3O2/c25-20(17-7-2-1-3-8-17)24-14-12-21(16-24)11-6-9-18(26-21)15-23-19-10-4-5-13-22-19;3-2(4,5)1(6)7/h1-5,7-8,10,13,18H,6,9,11-12,14-16H2,(H,22,23);(H,6,7)/t18-,21+;/m0./s1. The Labute approximate surface area is 189 Å². The van der Waals surface area contributed by atoms with Crippen molar-refractivity contribution in [3.8, 4) is 0 Å². The van der Waals surface area contributed by atoms with E-state index in [2.05, 4.69) is 10.3 Å². The molecule has 2 aliphatic rings. The third-order valence-corrected chi connectivity index (χ3v) is 5.62. The number of ether oxygens (including phenoxy) is 1. The van der Waals surface area contributed by atoms with Crippen molar-refractivity contribution in [1.82, 2.24) is 9.88 Å². The van der Waals surface area contributed by atoms with Crippen LogP contribution in [0.4, 0.5) is 19.0 Å². The SMILES string of the molecule is O=C(O)C(F)(F)F.O=C(c1ccccc1)N1CC[C@]2(CCC[C@@H](CNc3ccccn3)O2)C1. The number of aliphatic carboxylic acids is 1. The van der Waals surface area contributed by atoms with Crippen molar-refractivity contribution in [1.29, 1.82) is 0 Å². The molecule has 0 saturated carbocycles. The Morgan fingerprint density at radius 3 is 2.48 bits per heavy atom. The topological polar surface area (TPSA) is 91.8 Å². The number of likely N-dealkylation sites (tertiary alicyclic amines) is 1. The first-order chi connectivity index (χ1) is 15.7. The molecule has 1 amide bonds. The van der Waals surface area contributed by atoms with Crippen LogP contribution >= 0.6 is 0 Å². The van der Waals surface area contributed by atoms with E-state index in [1.54, 1.807) is 6.20 Å². The Balaban J connectivity index is 0.000000383. The summed E-state index contributed by atoms with van der Waals surface area (Å²) in [5.41, 5.74) is 0.577. The largest absolute Gasteiger partial charge is 0.490 e. The molecule has 33 heavy (non-hydrogen) atoms. The number of aromatic nitrogens is 1. The van der Waals surface area contributed by atoms with Gasteiger partial charge in [0.15, 0.2) is 0 Å². The van der Waals surface area contributed by atoms with E-state index >= 15 is 0 Å². The lowest BCUT2D eigenvalue weighted by Crippen LogP contribution is -2.45. The minimum Gasteiger partial charge on any atom is -0.475 e. The maximum Gasteiger partial charge on any atom is 0.490 e. The lowest BCUT2D eigenvalue weighted by atomic mass is 9.90. The Morgan fingerprint density at radius 1 is 1.15 bits per heavy atom. The summed E-state index contributed by atoms with van der Waals surface area (Å²) in [6, 6.07) is 15.4. The summed E-state index contributed by atoms with van der Waals surface area (Å²) in [6.07, 6.45) is 1.01. The zero-order chi connectivity index (χ0) is 23.9. The highest BCUT2D eigenvalue weighted by Gasteiger charge is 2.44. The third kappa shape index (κ3) is 6.92. The van der Waals surface area contributed by atoms with Crippen molar-refractivity contribution in [2.75, 3.05) is 25.0 Å². The van der Waals surface area contributed by atoms with Crippen LogP contribution in [-0.2, 0) is 9.53 Å². The van der Waals surface area contributed by atoms with Crippen LogP contribution in [0.2, 0.25) is 0 Å². The van der Waals surface area contributed by atoms with Gasteiger partial charge in [0, 0.05) is 24.8 Å². The summed E-state index contributed by atoms with van der Waals surface area (Å²) in [6.45, 7) is 2.22. The van der Waals surface area contributed by atoms with E-state index < -0.39 is 12.1 Å². The maximum absolute atomic E-state index is 12.7. The average Bonchev–Trinajstić information content (AvgIpc) is 3.21. The first-order valence-electron chi connectivity index (χ1n) is 10.7. The second-order valence-corrected chi connectivity index (χ2v) is 8.06. The first-order valence-corrected chi connectivity index (χ1v) is 10.7. The highest BCUT2D eigenvalue weighted by atomic mass is 19.4. The smallest absolute Gasteiger partial charge is 0.475 e. The fourth-order valence-corrected chi connectivity index (χ4v) is 4.03. The minimum atomic E-state index is -5.08. The zero-order valence-electron chi connectivity index (χ0n) is 17.9. The van der Waals surface area contributed by atoms with Crippen LogP contribution < -0.4 is 5.32 Å². The van der Waals surface area contributed by atoms with Crippen molar-refractivity contribution >= 4 is 17.7 Å². The molecule has 0 radical (unpaired) electrons. The summed E-state index contributed by atoms with van der Waals surface area (Å²) >= 11 is 0. The van der Waals surface area contributed by atoms with Crippen LogP contribution in [-0.4, -0.2) is 64.4 Å². The van der Waals surface area contributed by atoms with E-state index in [1.165, 1.54) is 0 Å². The number of hydrogen-bond acceptors (Lipinski definition) is 5. The minimum absolute atomic E-state index is 0.111. The summed E-state index contributed by atoms with van der Waals surface area (Å²) < 4.78 is 38.2. The summed E-state index contributed by atoms with van der Waals surface area (Å²) in [5.74, 6) is -1.77. The summed E-state index contributed by atoms with van der Waals surface area (Å²) in [4.78, 5) is 27.9. The van der Waals surface area contributed by atoms with E-state index in [0.717, 1.165) is 50.2 Å². The van der Waals surface area contributed by atoms with Gasteiger partial charge in [-0.3, -0.25) is 4.79 Å². The number of alkyl halides is 3. The Hall–Kier alpha value is -3.14. The molecule has 2 fully saturated rings. The lowest BCUT2D eigenvalue weighted by Gasteiger charge is -2.38. The first kappa shape index (κ1) is 24.5. The molecule has 0 unspecified atom stereocenters. The molecule has 3 heterocycles. The van der Waals surface area contributed by atoms with Gasteiger partial charge in [-0.1, -0.05) is 24.3 Å². The number of nitrogens with zero attached hydrogens (tertiary/aromatic N) is 2. The van der Waals surface area contributed by atoms with Crippen LogP contribution in [0.3, 0.4) is 0 Å². The van der Waals surface area contributed by atoms with E-state index in [1.807, 2.05) is 53.4 Å². The average molecular weight is 465 g/mol. The van der Waals surface area contributed by atoms with Gasteiger partial charge < -0.3 is 20.1 Å². The van der Waals surface area contributed by atoms with Gasteiger partial charge in [0.2, 0.25) is 0 Å². The molecule has 2 N–H and O–H groups in total. The van der Waals surface area contributed by atoms with Gasteiger partial charge in [-0.15, -0.1) is 0 Å². The van der Waals surface area contributed by atoms with Crippen molar-refractivity contribution in [2.45, 2.75) is 43.6 Å². The molecule has 4 rings (SSSR count). The molecule has 7 nitrogen and oxygen atoms in total. The van der Waals surface area contributed by atoms with Crippen molar-refractivity contribution in [3.63, 3.8) is 0 Å². The zero-order valence-corrected chi connectivity index (χ0v) is 17.9. The normalized spacial score (nSPS) is 22.4. The molecular weight excluding hydrogens is 439 g/mol. The van der Waals surface area contributed by atoms with E-state index in [-0.39, 0.29) is 17.6 Å². The molecule has 2 atom stereocenters. The highest BCUT2D eigenvalue weighted by molar-refractivity contribution is 5.94. The van der Waals surface area contributed by atoms with Crippen LogP contribution in [0.15, 0.2) is 54.7 Å². The number of carboxylic acid groups (broad SMARTS) is 1.